The van der Waals surface area contributed by atoms with Gasteiger partial charge in [-0.25, -0.2) is 0 Å². The predicted molar refractivity (Wildman–Crippen MR) is 78.6 cm³/mol. The SMILES string of the molecule is CC.CNC(=O)C(CCC=O)N1Cc2ncccc2C1=O. The van der Waals surface area contributed by atoms with Gasteiger partial charge < -0.3 is 15.0 Å². The number of hydrogen-bond acceptors (Lipinski definition) is 4. The highest BCUT2D eigenvalue weighted by atomic mass is 16.2. The summed E-state index contributed by atoms with van der Waals surface area (Å²) < 4.78 is 0. The summed E-state index contributed by atoms with van der Waals surface area (Å²) >= 11 is 0. The molecule has 0 spiro atoms. The molecular formula is C15H21N3O3. The number of rotatable bonds is 5. The van der Waals surface area contributed by atoms with E-state index in [-0.39, 0.29) is 18.2 Å². The van der Waals surface area contributed by atoms with E-state index in [1.54, 1.807) is 18.3 Å². The zero-order valence-electron chi connectivity index (χ0n) is 12.6. The zero-order chi connectivity index (χ0) is 15.8. The van der Waals surface area contributed by atoms with Gasteiger partial charge in [-0.05, 0) is 18.6 Å². The molecule has 1 N–H and O–H groups in total. The molecule has 1 aliphatic rings. The van der Waals surface area contributed by atoms with Crippen LogP contribution >= 0.6 is 0 Å². The number of amides is 2. The van der Waals surface area contributed by atoms with Gasteiger partial charge in [-0.15, -0.1) is 0 Å². The first-order chi connectivity index (χ1) is 10.2. The standard InChI is InChI=1S/C13H15N3O3.C2H6/c1-14-12(18)11(5-3-7-17)16-8-10-9(13(16)19)4-2-6-15-10;1-2/h2,4,6-7,11H,3,5,8H2,1H3,(H,14,18);1-2H3. The Bertz CT molecular complexity index is 517. The van der Waals surface area contributed by atoms with E-state index in [2.05, 4.69) is 10.3 Å². The van der Waals surface area contributed by atoms with Crippen LogP contribution in [0.15, 0.2) is 18.3 Å². The number of fused-ring (bicyclic) bond motifs is 1. The Morgan fingerprint density at radius 3 is 2.81 bits per heavy atom. The van der Waals surface area contributed by atoms with Crippen molar-refractivity contribution in [3.05, 3.63) is 29.6 Å². The minimum Gasteiger partial charge on any atom is -0.357 e. The maximum atomic E-state index is 12.2. The number of likely N-dealkylation sites (N-methyl/N-ethyl adjacent to an activating group) is 1. The molecule has 114 valence electrons. The minimum atomic E-state index is -0.628. The van der Waals surface area contributed by atoms with Crippen LogP contribution in [-0.2, 0) is 16.1 Å². The second-order valence-electron chi connectivity index (χ2n) is 4.30. The van der Waals surface area contributed by atoms with E-state index in [1.807, 2.05) is 13.8 Å². The van der Waals surface area contributed by atoms with Crippen LogP contribution in [0, 0.1) is 0 Å². The van der Waals surface area contributed by atoms with Gasteiger partial charge in [0.1, 0.15) is 12.3 Å². The van der Waals surface area contributed by atoms with E-state index < -0.39 is 6.04 Å². The first-order valence-corrected chi connectivity index (χ1v) is 7.09. The molecule has 2 rings (SSSR count). The summed E-state index contributed by atoms with van der Waals surface area (Å²) in [5.41, 5.74) is 1.20. The number of nitrogens with one attached hydrogen (secondary N) is 1. The van der Waals surface area contributed by atoms with Crippen LogP contribution in [0.2, 0.25) is 0 Å². The molecule has 6 heteroatoms. The molecular weight excluding hydrogens is 270 g/mol. The smallest absolute Gasteiger partial charge is 0.256 e. The summed E-state index contributed by atoms with van der Waals surface area (Å²) in [4.78, 5) is 40.2. The van der Waals surface area contributed by atoms with E-state index >= 15 is 0 Å². The maximum absolute atomic E-state index is 12.2. The first-order valence-electron chi connectivity index (χ1n) is 7.09. The summed E-state index contributed by atoms with van der Waals surface area (Å²) in [7, 11) is 1.52. The van der Waals surface area contributed by atoms with E-state index in [9.17, 15) is 14.4 Å². The molecule has 1 aliphatic heterocycles. The Morgan fingerprint density at radius 1 is 1.52 bits per heavy atom. The van der Waals surface area contributed by atoms with Gasteiger partial charge in [-0.2, -0.15) is 0 Å². The average Bonchev–Trinajstić information content (AvgIpc) is 2.87. The number of nitrogens with zero attached hydrogens (tertiary/aromatic N) is 2. The molecule has 1 atom stereocenters. The van der Waals surface area contributed by atoms with Crippen molar-refractivity contribution in [1.29, 1.82) is 0 Å². The molecule has 0 saturated heterocycles. The molecule has 0 radical (unpaired) electrons. The summed E-state index contributed by atoms with van der Waals surface area (Å²) in [5, 5.41) is 2.53. The van der Waals surface area contributed by atoms with Gasteiger partial charge in [0, 0.05) is 19.7 Å². The third-order valence-electron chi connectivity index (χ3n) is 3.18. The number of carbonyl (C=O) groups is 3. The topological polar surface area (TPSA) is 79.4 Å². The zero-order valence-corrected chi connectivity index (χ0v) is 12.6. The lowest BCUT2D eigenvalue weighted by Gasteiger charge is -2.25. The van der Waals surface area contributed by atoms with Gasteiger partial charge in [0.2, 0.25) is 5.91 Å². The molecule has 6 nitrogen and oxygen atoms in total. The number of hydrogen-bond donors (Lipinski definition) is 1. The highest BCUT2D eigenvalue weighted by Crippen LogP contribution is 2.24. The number of aldehydes is 1. The molecule has 0 bridgehead atoms. The maximum Gasteiger partial charge on any atom is 0.256 e. The predicted octanol–water partition coefficient (Wildman–Crippen LogP) is 1.16. The van der Waals surface area contributed by atoms with Crippen molar-refractivity contribution in [2.24, 2.45) is 0 Å². The van der Waals surface area contributed by atoms with Crippen molar-refractivity contribution >= 4 is 18.1 Å². The summed E-state index contributed by atoms with van der Waals surface area (Å²) in [6.07, 6.45) is 2.94. The van der Waals surface area contributed by atoms with Crippen LogP contribution in [0.25, 0.3) is 0 Å². The van der Waals surface area contributed by atoms with Crippen molar-refractivity contribution in [3.63, 3.8) is 0 Å². The highest BCUT2D eigenvalue weighted by Gasteiger charge is 2.36. The molecule has 0 fully saturated rings. The molecule has 0 saturated carbocycles. The normalized spacial score (nSPS) is 13.9. The van der Waals surface area contributed by atoms with Crippen LogP contribution in [0.3, 0.4) is 0 Å². The molecule has 2 amide bonds. The van der Waals surface area contributed by atoms with E-state index in [0.717, 1.165) is 6.29 Å². The van der Waals surface area contributed by atoms with Crippen molar-refractivity contribution in [3.8, 4) is 0 Å². The molecule has 1 aromatic heterocycles. The largest absolute Gasteiger partial charge is 0.357 e. The fourth-order valence-corrected chi connectivity index (χ4v) is 2.22. The van der Waals surface area contributed by atoms with Crippen LogP contribution in [0.5, 0.6) is 0 Å². The van der Waals surface area contributed by atoms with Gasteiger partial charge in [0.05, 0.1) is 17.8 Å². The molecule has 0 aliphatic carbocycles. The summed E-state index contributed by atoms with van der Waals surface area (Å²) in [6.45, 7) is 4.31. The van der Waals surface area contributed by atoms with Crippen molar-refractivity contribution in [1.82, 2.24) is 15.2 Å². The van der Waals surface area contributed by atoms with Gasteiger partial charge in [-0.1, -0.05) is 13.8 Å². The third kappa shape index (κ3) is 3.65. The molecule has 1 unspecified atom stereocenters. The number of aromatic nitrogens is 1. The Hall–Kier alpha value is -2.24. The molecule has 1 aromatic rings. The quantitative estimate of drug-likeness (QED) is 0.826. The van der Waals surface area contributed by atoms with Crippen LogP contribution in [-0.4, -0.2) is 41.1 Å². The van der Waals surface area contributed by atoms with Crippen LogP contribution < -0.4 is 5.32 Å². The fraction of sp³-hybridized carbons (Fsp3) is 0.467. The first kappa shape index (κ1) is 16.8. The molecule has 0 aromatic carbocycles. The van der Waals surface area contributed by atoms with Crippen molar-refractivity contribution < 1.29 is 14.4 Å². The van der Waals surface area contributed by atoms with Gasteiger partial charge >= 0.3 is 0 Å². The minimum absolute atomic E-state index is 0.206. The Labute approximate surface area is 124 Å². The Balaban J connectivity index is 0.00000106. The van der Waals surface area contributed by atoms with Gasteiger partial charge in [0.25, 0.3) is 5.91 Å². The number of carbonyl (C=O) groups excluding carboxylic acids is 3. The van der Waals surface area contributed by atoms with Gasteiger partial charge in [0.15, 0.2) is 0 Å². The lowest BCUT2D eigenvalue weighted by Crippen LogP contribution is -2.46. The fourth-order valence-electron chi connectivity index (χ4n) is 2.22. The third-order valence-corrected chi connectivity index (χ3v) is 3.18. The van der Waals surface area contributed by atoms with E-state index in [0.29, 0.717) is 24.2 Å². The second-order valence-corrected chi connectivity index (χ2v) is 4.30. The molecule has 2 heterocycles. The summed E-state index contributed by atoms with van der Waals surface area (Å²) in [5.74, 6) is -0.467. The van der Waals surface area contributed by atoms with Gasteiger partial charge in [-0.3, -0.25) is 14.6 Å². The highest BCUT2D eigenvalue weighted by molar-refractivity contribution is 6.00. The lowest BCUT2D eigenvalue weighted by molar-refractivity contribution is -0.125. The summed E-state index contributed by atoms with van der Waals surface area (Å²) in [6, 6.07) is 2.77. The molecule has 21 heavy (non-hydrogen) atoms. The Morgan fingerprint density at radius 2 is 2.24 bits per heavy atom. The number of pyridine rings is 1. The second kappa shape index (κ2) is 8.14. The monoisotopic (exact) mass is 291 g/mol. The Kier molecular flexibility index (Phi) is 6.52. The van der Waals surface area contributed by atoms with E-state index in [4.69, 9.17) is 0 Å². The van der Waals surface area contributed by atoms with Crippen molar-refractivity contribution in [2.45, 2.75) is 39.3 Å². The van der Waals surface area contributed by atoms with Crippen LogP contribution in [0.4, 0.5) is 0 Å². The van der Waals surface area contributed by atoms with Crippen LogP contribution in [0.1, 0.15) is 42.7 Å². The van der Waals surface area contributed by atoms with E-state index in [1.165, 1.54) is 11.9 Å². The lowest BCUT2D eigenvalue weighted by atomic mass is 10.1. The average molecular weight is 291 g/mol. The van der Waals surface area contributed by atoms with Crippen molar-refractivity contribution in [2.75, 3.05) is 7.05 Å².